The van der Waals surface area contributed by atoms with Gasteiger partial charge in [-0.15, -0.1) is 0 Å². The van der Waals surface area contributed by atoms with Gasteiger partial charge in [-0.25, -0.2) is 0 Å². The van der Waals surface area contributed by atoms with Gasteiger partial charge in [0.05, 0.1) is 0 Å². The molecule has 4 heteroatoms. The first kappa shape index (κ1) is 8.66. The predicted octanol–water partition coefficient (Wildman–Crippen LogP) is 2.66. The summed E-state index contributed by atoms with van der Waals surface area (Å²) in [4.78, 5) is 8.65. The summed E-state index contributed by atoms with van der Waals surface area (Å²) >= 11 is 5.61. The highest BCUT2D eigenvalue weighted by Crippen LogP contribution is 2.40. The second-order valence-corrected chi connectivity index (χ2v) is 3.91. The molecular formula is C7H7ClO2P+. The minimum absolute atomic E-state index is 0.678. The molecule has 0 saturated carbocycles. The fourth-order valence-corrected chi connectivity index (χ4v) is 1.31. The van der Waals surface area contributed by atoms with Crippen LogP contribution >= 0.6 is 19.6 Å². The molecule has 1 N–H and O–H groups in total. The Balaban J connectivity index is 2.85. The fourth-order valence-electron chi connectivity index (χ4n) is 0.739. The van der Waals surface area contributed by atoms with Crippen LogP contribution in [0.15, 0.2) is 30.3 Å². The molecule has 2 nitrogen and oxygen atoms in total. The average molecular weight is 190 g/mol. The fraction of sp³-hybridized carbons (Fsp3) is 0.143. The normalized spacial score (nSPS) is 14.2. The number of hydrogen-bond acceptors (Lipinski definition) is 1. The molecule has 0 aromatic heterocycles. The van der Waals surface area contributed by atoms with E-state index < -0.39 is 13.1 Å². The molecule has 1 aromatic rings. The van der Waals surface area contributed by atoms with Crippen LogP contribution in [0.2, 0.25) is 0 Å². The number of alkyl halides is 1. The molecule has 0 saturated heterocycles. The summed E-state index contributed by atoms with van der Waals surface area (Å²) in [6.07, 6.45) is 0. The first-order valence-corrected chi connectivity index (χ1v) is 4.78. The maximum Gasteiger partial charge on any atom is 0.530 e. The van der Waals surface area contributed by atoms with Gasteiger partial charge in [-0.2, -0.15) is 4.89 Å². The molecule has 2 atom stereocenters. The molecule has 0 heterocycles. The van der Waals surface area contributed by atoms with Crippen LogP contribution in [0, 0.1) is 0 Å². The lowest BCUT2D eigenvalue weighted by atomic mass is 10.2. The van der Waals surface area contributed by atoms with Crippen molar-refractivity contribution in [3.05, 3.63) is 35.9 Å². The van der Waals surface area contributed by atoms with Crippen molar-refractivity contribution in [2.24, 2.45) is 0 Å². The number of benzene rings is 1. The van der Waals surface area contributed by atoms with E-state index in [1.54, 1.807) is 24.3 Å². The lowest BCUT2D eigenvalue weighted by Gasteiger charge is -1.93. The Labute approximate surface area is 70.7 Å². The summed E-state index contributed by atoms with van der Waals surface area (Å²) in [5.41, 5.74) is 0.678. The van der Waals surface area contributed by atoms with Gasteiger partial charge in [0.1, 0.15) is 0 Å². The molecule has 0 spiro atoms. The zero-order valence-electron chi connectivity index (χ0n) is 5.64. The lowest BCUT2D eigenvalue weighted by Crippen LogP contribution is -1.82. The minimum Gasteiger partial charge on any atom is -0.159 e. The average Bonchev–Trinajstić information content (AvgIpc) is 2.05. The molecule has 1 aromatic carbocycles. The third-order valence-corrected chi connectivity index (χ3v) is 2.71. The van der Waals surface area contributed by atoms with Crippen LogP contribution in [0.25, 0.3) is 0 Å². The first-order valence-electron chi connectivity index (χ1n) is 3.06. The summed E-state index contributed by atoms with van der Waals surface area (Å²) in [6, 6.07) is 8.84. The minimum atomic E-state index is -2.32. The molecule has 2 unspecified atom stereocenters. The summed E-state index contributed by atoms with van der Waals surface area (Å²) in [5.74, 6) is 0. The van der Waals surface area contributed by atoms with Gasteiger partial charge < -0.3 is 0 Å². The first-order chi connectivity index (χ1) is 5.22. The largest absolute Gasteiger partial charge is 0.530 e. The highest BCUT2D eigenvalue weighted by Gasteiger charge is 2.27. The van der Waals surface area contributed by atoms with Crippen molar-refractivity contribution in [1.82, 2.24) is 0 Å². The topological polar surface area (TPSA) is 37.3 Å². The smallest absolute Gasteiger partial charge is 0.159 e. The molecule has 58 valence electrons. The van der Waals surface area contributed by atoms with Crippen molar-refractivity contribution in [2.75, 3.05) is 0 Å². The van der Waals surface area contributed by atoms with Crippen molar-refractivity contribution >= 4 is 19.6 Å². The van der Waals surface area contributed by atoms with Crippen LogP contribution in [0.5, 0.6) is 0 Å². The van der Waals surface area contributed by atoms with Gasteiger partial charge in [-0.3, -0.25) is 0 Å². The molecule has 11 heavy (non-hydrogen) atoms. The Morgan fingerprint density at radius 3 is 2.36 bits per heavy atom. The van der Waals surface area contributed by atoms with Gasteiger partial charge >= 0.3 is 8.03 Å². The van der Waals surface area contributed by atoms with Crippen LogP contribution in [-0.2, 0) is 4.57 Å². The number of rotatable bonds is 2. The van der Waals surface area contributed by atoms with Gasteiger partial charge in [0, 0.05) is 5.56 Å². The third-order valence-electron chi connectivity index (χ3n) is 1.27. The molecule has 1 rings (SSSR count). The number of halogens is 1. The molecular weight excluding hydrogens is 183 g/mol. The monoisotopic (exact) mass is 189 g/mol. The molecule has 0 aliphatic heterocycles. The standard InChI is InChI=1S/C7H6ClO2P/c8-7(11(9)10)6-4-2-1-3-5-6/h1-5,7H/p+1. The summed E-state index contributed by atoms with van der Waals surface area (Å²) in [6.45, 7) is 0. The van der Waals surface area contributed by atoms with E-state index in [4.69, 9.17) is 16.5 Å². The molecule has 0 bridgehead atoms. The molecule has 0 aliphatic rings. The van der Waals surface area contributed by atoms with Gasteiger partial charge in [0.2, 0.25) is 0 Å². The Morgan fingerprint density at radius 1 is 1.36 bits per heavy atom. The Hall–Kier alpha value is -0.430. The lowest BCUT2D eigenvalue weighted by molar-refractivity contribution is 0.500. The molecule has 0 fully saturated rings. The van der Waals surface area contributed by atoms with Crippen molar-refractivity contribution in [3.8, 4) is 0 Å². The van der Waals surface area contributed by atoms with Crippen LogP contribution < -0.4 is 0 Å². The maximum absolute atomic E-state index is 10.5. The Bertz CT molecular complexity index is 250. The predicted molar refractivity (Wildman–Crippen MR) is 44.9 cm³/mol. The van der Waals surface area contributed by atoms with E-state index in [2.05, 4.69) is 0 Å². The quantitative estimate of drug-likeness (QED) is 0.574. The van der Waals surface area contributed by atoms with E-state index in [1.807, 2.05) is 6.07 Å². The molecule has 0 aliphatic carbocycles. The number of hydrogen-bond donors (Lipinski definition) is 1. The SMILES string of the molecule is O=[P+](O)C(Cl)c1ccccc1. The van der Waals surface area contributed by atoms with Crippen LogP contribution in [0.4, 0.5) is 0 Å². The van der Waals surface area contributed by atoms with Gasteiger partial charge in [0.25, 0.3) is 5.12 Å². The molecule has 0 amide bonds. The van der Waals surface area contributed by atoms with Gasteiger partial charge in [-0.05, 0) is 4.57 Å². The summed E-state index contributed by atoms with van der Waals surface area (Å²) in [7, 11) is -2.32. The van der Waals surface area contributed by atoms with E-state index in [1.165, 1.54) is 0 Å². The second kappa shape index (κ2) is 3.82. The van der Waals surface area contributed by atoms with Crippen LogP contribution in [0.3, 0.4) is 0 Å². The van der Waals surface area contributed by atoms with E-state index in [0.29, 0.717) is 5.56 Å². The van der Waals surface area contributed by atoms with Gasteiger partial charge in [-0.1, -0.05) is 41.9 Å². The zero-order valence-corrected chi connectivity index (χ0v) is 7.30. The van der Waals surface area contributed by atoms with Crippen molar-refractivity contribution < 1.29 is 9.46 Å². The van der Waals surface area contributed by atoms with E-state index in [-0.39, 0.29) is 0 Å². The van der Waals surface area contributed by atoms with Crippen molar-refractivity contribution in [3.63, 3.8) is 0 Å². The maximum atomic E-state index is 10.5. The van der Waals surface area contributed by atoms with Crippen LogP contribution in [-0.4, -0.2) is 4.89 Å². The second-order valence-electron chi connectivity index (χ2n) is 2.05. The van der Waals surface area contributed by atoms with Gasteiger partial charge in [0.15, 0.2) is 0 Å². The highest BCUT2D eigenvalue weighted by atomic mass is 35.5. The summed E-state index contributed by atoms with van der Waals surface area (Å²) in [5, 5.41) is -0.786. The van der Waals surface area contributed by atoms with Crippen molar-refractivity contribution in [2.45, 2.75) is 5.12 Å². The summed E-state index contributed by atoms with van der Waals surface area (Å²) < 4.78 is 10.5. The third kappa shape index (κ3) is 2.26. The molecule has 0 radical (unpaired) electrons. The Kier molecular flexibility index (Phi) is 3.01. The van der Waals surface area contributed by atoms with Crippen LogP contribution in [0.1, 0.15) is 10.7 Å². The zero-order chi connectivity index (χ0) is 8.27. The van der Waals surface area contributed by atoms with E-state index in [9.17, 15) is 4.57 Å². The van der Waals surface area contributed by atoms with E-state index in [0.717, 1.165) is 0 Å². The van der Waals surface area contributed by atoms with Crippen molar-refractivity contribution in [1.29, 1.82) is 0 Å². The highest BCUT2D eigenvalue weighted by molar-refractivity contribution is 7.40. The van der Waals surface area contributed by atoms with E-state index >= 15 is 0 Å². The Morgan fingerprint density at radius 2 is 1.91 bits per heavy atom.